The number of rotatable bonds is 4. The number of furan rings is 1. The maximum absolute atomic E-state index is 11.6. The predicted octanol–water partition coefficient (Wildman–Crippen LogP) is 2.84. The molecule has 0 spiro atoms. The second-order valence-electron chi connectivity index (χ2n) is 3.92. The topological polar surface area (TPSA) is 42.2 Å². The lowest BCUT2D eigenvalue weighted by Crippen LogP contribution is -2.30. The van der Waals surface area contributed by atoms with E-state index in [1.165, 1.54) is 0 Å². The summed E-state index contributed by atoms with van der Waals surface area (Å²) in [6.45, 7) is 0.690. The Balaban J connectivity index is 1.88. The molecule has 1 aromatic heterocycles. The highest BCUT2D eigenvalue weighted by Crippen LogP contribution is 2.46. The molecule has 1 saturated carbocycles. The summed E-state index contributed by atoms with van der Waals surface area (Å²) in [6.07, 6.45) is 2.33. The Kier molecular flexibility index (Phi) is 3.07. The van der Waals surface area contributed by atoms with Crippen LogP contribution in [0, 0.1) is 5.41 Å². The van der Waals surface area contributed by atoms with Gasteiger partial charge in [-0.1, -0.05) is 15.9 Å². The highest BCUT2D eigenvalue weighted by atomic mass is 79.9. The molecule has 1 aromatic rings. The van der Waals surface area contributed by atoms with Gasteiger partial charge >= 0.3 is 0 Å². The van der Waals surface area contributed by atoms with Gasteiger partial charge in [-0.05, 0) is 42.0 Å². The first-order chi connectivity index (χ1) is 7.15. The van der Waals surface area contributed by atoms with E-state index in [0.717, 1.165) is 18.2 Å². The molecule has 0 bridgehead atoms. The monoisotopic (exact) mass is 291 g/mol. The van der Waals surface area contributed by atoms with Crippen LogP contribution in [0.5, 0.6) is 0 Å². The van der Waals surface area contributed by atoms with Gasteiger partial charge in [-0.3, -0.25) is 4.79 Å². The number of halogens is 2. The molecule has 1 aliphatic rings. The van der Waals surface area contributed by atoms with Crippen LogP contribution < -0.4 is 5.32 Å². The van der Waals surface area contributed by atoms with Crippen molar-refractivity contribution in [2.24, 2.45) is 5.41 Å². The molecule has 0 aromatic carbocycles. The minimum absolute atomic E-state index is 0.200. The van der Waals surface area contributed by atoms with E-state index in [1.807, 2.05) is 0 Å². The fourth-order valence-electron chi connectivity index (χ4n) is 1.33. The molecule has 1 amide bonds. The first-order valence-corrected chi connectivity index (χ1v) is 6.25. The first-order valence-electron chi connectivity index (χ1n) is 4.75. The Hall–Kier alpha value is -0.480. The van der Waals surface area contributed by atoms with Gasteiger partial charge in [0.1, 0.15) is 0 Å². The number of hydrogen-bond donors (Lipinski definition) is 1. The normalized spacial score (nSPS) is 17.5. The Morgan fingerprint density at radius 1 is 1.60 bits per heavy atom. The maximum atomic E-state index is 11.6. The van der Waals surface area contributed by atoms with E-state index in [0.29, 0.717) is 6.54 Å². The molecule has 1 heterocycles. The molecule has 0 aliphatic heterocycles. The number of alkyl halides is 1. The lowest BCUT2D eigenvalue weighted by atomic mass is 10.1. The van der Waals surface area contributed by atoms with Crippen LogP contribution in [0.3, 0.4) is 0 Å². The van der Waals surface area contributed by atoms with Gasteiger partial charge in [-0.15, -0.1) is 0 Å². The van der Waals surface area contributed by atoms with Crippen LogP contribution in [0.2, 0.25) is 5.22 Å². The van der Waals surface area contributed by atoms with Crippen LogP contribution in [-0.4, -0.2) is 17.8 Å². The molecule has 0 atom stereocenters. The molecule has 15 heavy (non-hydrogen) atoms. The quantitative estimate of drug-likeness (QED) is 0.867. The van der Waals surface area contributed by atoms with E-state index in [9.17, 15) is 4.79 Å². The van der Waals surface area contributed by atoms with Crippen molar-refractivity contribution in [3.63, 3.8) is 0 Å². The summed E-state index contributed by atoms with van der Waals surface area (Å²) in [6, 6.07) is 3.14. The van der Waals surface area contributed by atoms with Gasteiger partial charge in [-0.25, -0.2) is 0 Å². The van der Waals surface area contributed by atoms with Gasteiger partial charge in [0, 0.05) is 11.9 Å². The summed E-state index contributed by atoms with van der Waals surface area (Å²) < 4.78 is 5.01. The highest BCUT2D eigenvalue weighted by molar-refractivity contribution is 9.09. The third kappa shape index (κ3) is 2.55. The van der Waals surface area contributed by atoms with E-state index in [4.69, 9.17) is 16.0 Å². The van der Waals surface area contributed by atoms with Gasteiger partial charge in [0.25, 0.3) is 5.91 Å². The second-order valence-corrected chi connectivity index (χ2v) is 4.85. The zero-order chi connectivity index (χ0) is 10.9. The Labute approximate surface area is 101 Å². The molecular formula is C10H11BrClNO2. The smallest absolute Gasteiger partial charge is 0.287 e. The predicted molar refractivity (Wildman–Crippen MR) is 61.5 cm³/mol. The molecular weight excluding hydrogens is 281 g/mol. The average molecular weight is 293 g/mol. The van der Waals surface area contributed by atoms with Gasteiger partial charge in [-0.2, -0.15) is 0 Å². The minimum atomic E-state index is -0.200. The fourth-order valence-corrected chi connectivity index (χ4v) is 2.23. The second kappa shape index (κ2) is 4.18. The van der Waals surface area contributed by atoms with E-state index in [1.54, 1.807) is 12.1 Å². The fraction of sp³-hybridized carbons (Fsp3) is 0.500. The molecule has 1 fully saturated rings. The summed E-state index contributed by atoms with van der Waals surface area (Å²) in [5.41, 5.74) is 0.270. The average Bonchev–Trinajstić information content (AvgIpc) is 2.90. The Morgan fingerprint density at radius 2 is 2.33 bits per heavy atom. The van der Waals surface area contributed by atoms with Crippen LogP contribution in [0.25, 0.3) is 0 Å². The van der Waals surface area contributed by atoms with Crippen LogP contribution in [0.4, 0.5) is 0 Å². The Morgan fingerprint density at radius 3 is 2.80 bits per heavy atom. The summed E-state index contributed by atoms with van der Waals surface area (Å²) in [5, 5.41) is 4.01. The summed E-state index contributed by atoms with van der Waals surface area (Å²) >= 11 is 9.03. The van der Waals surface area contributed by atoms with Crippen molar-refractivity contribution in [2.45, 2.75) is 12.8 Å². The van der Waals surface area contributed by atoms with Crippen LogP contribution in [0.15, 0.2) is 16.5 Å². The van der Waals surface area contributed by atoms with Gasteiger partial charge in [0.15, 0.2) is 11.0 Å². The summed E-state index contributed by atoms with van der Waals surface area (Å²) in [5.74, 6) is 0.0690. The maximum Gasteiger partial charge on any atom is 0.287 e. The molecule has 5 heteroatoms. The Bertz CT molecular complexity index is 373. The van der Waals surface area contributed by atoms with E-state index < -0.39 is 0 Å². The third-order valence-corrected chi connectivity index (χ3v) is 4.05. The number of amides is 1. The van der Waals surface area contributed by atoms with Crippen molar-refractivity contribution in [3.8, 4) is 0 Å². The molecule has 1 aliphatic carbocycles. The van der Waals surface area contributed by atoms with Gasteiger partial charge < -0.3 is 9.73 Å². The van der Waals surface area contributed by atoms with Crippen molar-refractivity contribution in [3.05, 3.63) is 23.1 Å². The first kappa shape index (κ1) is 11.0. The number of carbonyl (C=O) groups excluding carboxylic acids is 1. The summed E-state index contributed by atoms with van der Waals surface area (Å²) in [4.78, 5) is 11.6. The van der Waals surface area contributed by atoms with Crippen molar-refractivity contribution in [1.29, 1.82) is 0 Å². The largest absolute Gasteiger partial charge is 0.440 e. The molecule has 0 saturated heterocycles. The molecule has 0 unspecified atom stereocenters. The van der Waals surface area contributed by atoms with Crippen LogP contribution in [-0.2, 0) is 0 Å². The van der Waals surface area contributed by atoms with E-state index in [2.05, 4.69) is 21.2 Å². The van der Waals surface area contributed by atoms with Crippen LogP contribution >= 0.6 is 27.5 Å². The van der Waals surface area contributed by atoms with E-state index >= 15 is 0 Å². The molecule has 82 valence electrons. The van der Waals surface area contributed by atoms with Crippen LogP contribution in [0.1, 0.15) is 23.4 Å². The van der Waals surface area contributed by atoms with Crippen molar-refractivity contribution < 1.29 is 9.21 Å². The lowest BCUT2D eigenvalue weighted by molar-refractivity contribution is 0.0919. The molecule has 2 rings (SSSR count). The molecule has 0 radical (unpaired) electrons. The number of nitrogens with one attached hydrogen (secondary N) is 1. The third-order valence-electron chi connectivity index (χ3n) is 2.66. The standard InChI is InChI=1S/C10H11BrClNO2/c11-5-10(3-4-10)6-13-9(14)7-1-2-8(12)15-7/h1-2H,3-6H2,(H,13,14). The van der Waals surface area contributed by atoms with Gasteiger partial charge in [0.2, 0.25) is 0 Å². The SMILES string of the molecule is O=C(NCC1(CBr)CC1)c1ccc(Cl)o1. The van der Waals surface area contributed by atoms with Crippen molar-refractivity contribution >= 4 is 33.4 Å². The van der Waals surface area contributed by atoms with E-state index in [-0.39, 0.29) is 22.3 Å². The number of carbonyl (C=O) groups is 1. The molecule has 1 N–H and O–H groups in total. The zero-order valence-corrected chi connectivity index (χ0v) is 10.4. The number of hydrogen-bond acceptors (Lipinski definition) is 2. The van der Waals surface area contributed by atoms with Crippen molar-refractivity contribution in [2.75, 3.05) is 11.9 Å². The molecule has 3 nitrogen and oxygen atoms in total. The lowest BCUT2D eigenvalue weighted by Gasteiger charge is -2.11. The minimum Gasteiger partial charge on any atom is -0.440 e. The highest BCUT2D eigenvalue weighted by Gasteiger charge is 2.41. The zero-order valence-electron chi connectivity index (χ0n) is 8.06. The van der Waals surface area contributed by atoms with Crippen molar-refractivity contribution in [1.82, 2.24) is 5.32 Å². The summed E-state index contributed by atoms with van der Waals surface area (Å²) in [7, 11) is 0. The van der Waals surface area contributed by atoms with Gasteiger partial charge in [0.05, 0.1) is 0 Å².